The number of likely N-dealkylation sites (N-methyl/N-ethyl adjacent to an activating group) is 1. The van der Waals surface area contributed by atoms with Crippen LogP contribution in [0.3, 0.4) is 0 Å². The topological polar surface area (TPSA) is 12.5 Å². The van der Waals surface area contributed by atoms with Crippen LogP contribution < -0.4 is 0 Å². The molecule has 1 rings (SSSR count). The highest BCUT2D eigenvalue weighted by Crippen LogP contribution is 2.26. The van der Waals surface area contributed by atoms with Crippen molar-refractivity contribution >= 4 is 0 Å². The van der Waals surface area contributed by atoms with Crippen molar-refractivity contribution in [3.05, 3.63) is 12.8 Å². The summed E-state index contributed by atoms with van der Waals surface area (Å²) >= 11 is 0. The molecule has 1 saturated heterocycles. The van der Waals surface area contributed by atoms with E-state index in [9.17, 15) is 0 Å². The van der Waals surface area contributed by atoms with Gasteiger partial charge in [0.15, 0.2) is 0 Å². The van der Waals surface area contributed by atoms with E-state index in [4.69, 9.17) is 4.74 Å². The Morgan fingerprint density at radius 1 is 1.70 bits per heavy atom. The average molecular weight is 141 g/mol. The Hall–Kier alpha value is -0.500. The fourth-order valence-electron chi connectivity index (χ4n) is 1.19. The van der Waals surface area contributed by atoms with Gasteiger partial charge in [-0.05, 0) is 12.6 Å². The van der Waals surface area contributed by atoms with E-state index in [1.165, 1.54) is 0 Å². The van der Waals surface area contributed by atoms with E-state index in [0.29, 0.717) is 0 Å². The molecule has 1 aliphatic heterocycles. The second-order valence-electron chi connectivity index (χ2n) is 2.86. The zero-order valence-corrected chi connectivity index (χ0v) is 6.76. The van der Waals surface area contributed by atoms with Crippen molar-refractivity contribution in [3.8, 4) is 0 Å². The molecule has 0 bridgehead atoms. The Morgan fingerprint density at radius 3 is 2.40 bits per heavy atom. The Kier molecular flexibility index (Phi) is 2.00. The van der Waals surface area contributed by atoms with Crippen LogP contribution in [0.4, 0.5) is 0 Å². The van der Waals surface area contributed by atoms with Gasteiger partial charge in [0.2, 0.25) is 0 Å². The van der Waals surface area contributed by atoms with E-state index >= 15 is 0 Å². The van der Waals surface area contributed by atoms with Crippen LogP contribution in [0.5, 0.6) is 0 Å². The Bertz CT molecular complexity index is 124. The predicted molar refractivity (Wildman–Crippen MR) is 41.8 cm³/mol. The SMILES string of the molecule is C=CN(C)C1(CC)COC1. The second-order valence-corrected chi connectivity index (χ2v) is 2.86. The van der Waals surface area contributed by atoms with E-state index in [2.05, 4.69) is 25.5 Å². The van der Waals surface area contributed by atoms with Crippen LogP contribution in [-0.4, -0.2) is 30.7 Å². The van der Waals surface area contributed by atoms with Crippen molar-refractivity contribution in [2.45, 2.75) is 18.9 Å². The summed E-state index contributed by atoms with van der Waals surface area (Å²) in [5.41, 5.74) is 0.266. The van der Waals surface area contributed by atoms with Crippen molar-refractivity contribution < 1.29 is 4.74 Å². The second kappa shape index (κ2) is 2.62. The maximum Gasteiger partial charge on any atom is 0.0855 e. The van der Waals surface area contributed by atoms with Gasteiger partial charge in [0.1, 0.15) is 0 Å². The van der Waals surface area contributed by atoms with Gasteiger partial charge in [-0.15, -0.1) is 0 Å². The van der Waals surface area contributed by atoms with Gasteiger partial charge in [-0.3, -0.25) is 0 Å². The molecule has 0 aromatic heterocycles. The lowest BCUT2D eigenvalue weighted by molar-refractivity contribution is -0.119. The lowest BCUT2D eigenvalue weighted by Gasteiger charge is -2.47. The molecule has 0 amide bonds. The third-order valence-electron chi connectivity index (χ3n) is 2.42. The summed E-state index contributed by atoms with van der Waals surface area (Å²) in [6.07, 6.45) is 3.00. The van der Waals surface area contributed by atoms with Crippen molar-refractivity contribution in [2.75, 3.05) is 20.3 Å². The van der Waals surface area contributed by atoms with Crippen LogP contribution in [0.2, 0.25) is 0 Å². The third-order valence-corrected chi connectivity index (χ3v) is 2.42. The zero-order chi connectivity index (χ0) is 7.61. The average Bonchev–Trinajstić information content (AvgIpc) is 1.86. The normalized spacial score (nSPS) is 21.4. The molecule has 0 N–H and O–H groups in total. The molecule has 58 valence electrons. The van der Waals surface area contributed by atoms with Gasteiger partial charge in [-0.2, -0.15) is 0 Å². The Labute approximate surface area is 62.5 Å². The molecule has 2 nitrogen and oxygen atoms in total. The minimum absolute atomic E-state index is 0.266. The number of rotatable bonds is 3. The molecular weight excluding hydrogens is 126 g/mol. The molecule has 0 aromatic rings. The van der Waals surface area contributed by atoms with Crippen molar-refractivity contribution in [1.82, 2.24) is 4.90 Å². The van der Waals surface area contributed by atoms with E-state index < -0.39 is 0 Å². The van der Waals surface area contributed by atoms with Crippen molar-refractivity contribution in [2.24, 2.45) is 0 Å². The lowest BCUT2D eigenvalue weighted by Crippen LogP contribution is -2.58. The van der Waals surface area contributed by atoms with Gasteiger partial charge in [0, 0.05) is 7.05 Å². The number of hydrogen-bond donors (Lipinski definition) is 0. The van der Waals surface area contributed by atoms with Crippen LogP contribution in [-0.2, 0) is 4.74 Å². The molecule has 0 aromatic carbocycles. The molecule has 1 heterocycles. The molecule has 0 radical (unpaired) electrons. The molecule has 0 unspecified atom stereocenters. The zero-order valence-electron chi connectivity index (χ0n) is 6.76. The minimum atomic E-state index is 0.266. The monoisotopic (exact) mass is 141 g/mol. The fourth-order valence-corrected chi connectivity index (χ4v) is 1.19. The van der Waals surface area contributed by atoms with Crippen LogP contribution >= 0.6 is 0 Å². The van der Waals surface area contributed by atoms with E-state index in [1.807, 2.05) is 6.20 Å². The van der Waals surface area contributed by atoms with Gasteiger partial charge in [-0.1, -0.05) is 13.5 Å². The van der Waals surface area contributed by atoms with Gasteiger partial charge < -0.3 is 9.64 Å². The smallest absolute Gasteiger partial charge is 0.0855 e. The van der Waals surface area contributed by atoms with E-state index in [0.717, 1.165) is 19.6 Å². The van der Waals surface area contributed by atoms with E-state index in [1.54, 1.807) is 0 Å². The molecule has 10 heavy (non-hydrogen) atoms. The minimum Gasteiger partial charge on any atom is -0.376 e. The van der Waals surface area contributed by atoms with Gasteiger partial charge in [0.05, 0.1) is 18.8 Å². The van der Waals surface area contributed by atoms with Crippen molar-refractivity contribution in [3.63, 3.8) is 0 Å². The summed E-state index contributed by atoms with van der Waals surface area (Å²) in [6.45, 7) is 7.62. The highest BCUT2D eigenvalue weighted by Gasteiger charge is 2.39. The van der Waals surface area contributed by atoms with Crippen LogP contribution in [0.25, 0.3) is 0 Å². The van der Waals surface area contributed by atoms with Gasteiger partial charge >= 0.3 is 0 Å². The van der Waals surface area contributed by atoms with Gasteiger partial charge in [-0.25, -0.2) is 0 Å². The highest BCUT2D eigenvalue weighted by atomic mass is 16.5. The van der Waals surface area contributed by atoms with Crippen molar-refractivity contribution in [1.29, 1.82) is 0 Å². The van der Waals surface area contributed by atoms with Gasteiger partial charge in [0.25, 0.3) is 0 Å². The first-order valence-corrected chi connectivity index (χ1v) is 3.68. The molecule has 1 fully saturated rings. The first-order valence-electron chi connectivity index (χ1n) is 3.68. The maximum absolute atomic E-state index is 5.16. The number of hydrogen-bond acceptors (Lipinski definition) is 2. The Morgan fingerprint density at radius 2 is 2.30 bits per heavy atom. The Balaban J connectivity index is 2.54. The van der Waals surface area contributed by atoms with Crippen LogP contribution in [0, 0.1) is 0 Å². The summed E-state index contributed by atoms with van der Waals surface area (Å²) in [4.78, 5) is 2.15. The summed E-state index contributed by atoms with van der Waals surface area (Å²) < 4.78 is 5.16. The summed E-state index contributed by atoms with van der Waals surface area (Å²) in [6, 6.07) is 0. The summed E-state index contributed by atoms with van der Waals surface area (Å²) in [5, 5.41) is 0. The van der Waals surface area contributed by atoms with Crippen LogP contribution in [0.15, 0.2) is 12.8 Å². The van der Waals surface area contributed by atoms with E-state index in [-0.39, 0.29) is 5.54 Å². The lowest BCUT2D eigenvalue weighted by atomic mass is 9.93. The maximum atomic E-state index is 5.16. The number of ether oxygens (including phenoxy) is 1. The summed E-state index contributed by atoms with van der Waals surface area (Å²) in [5.74, 6) is 0. The molecular formula is C8H15NO. The molecule has 0 atom stereocenters. The predicted octanol–water partition coefficient (Wildman–Crippen LogP) is 1.24. The highest BCUT2D eigenvalue weighted by molar-refractivity contribution is 4.97. The third kappa shape index (κ3) is 0.926. The first-order chi connectivity index (χ1) is 4.75. The number of nitrogens with zero attached hydrogens (tertiary/aromatic N) is 1. The van der Waals surface area contributed by atoms with Crippen LogP contribution in [0.1, 0.15) is 13.3 Å². The quantitative estimate of drug-likeness (QED) is 0.586. The summed E-state index contributed by atoms with van der Waals surface area (Å²) in [7, 11) is 2.05. The molecule has 0 aliphatic carbocycles. The largest absolute Gasteiger partial charge is 0.376 e. The molecule has 0 spiro atoms. The fraction of sp³-hybridized carbons (Fsp3) is 0.750. The standard InChI is InChI=1S/C8H15NO/c1-4-8(6-10-7-8)9(3)5-2/h5H,2,4,6-7H2,1,3H3. The molecule has 2 heteroatoms. The molecule has 1 aliphatic rings. The molecule has 0 saturated carbocycles. The first kappa shape index (κ1) is 7.61.